The van der Waals surface area contributed by atoms with Gasteiger partial charge >= 0.3 is 35.6 Å². The Labute approximate surface area is 207 Å². The molecular weight excluding hydrogens is 471 g/mol. The van der Waals surface area contributed by atoms with E-state index in [1.165, 1.54) is 22.3 Å². The minimum atomic E-state index is -0.556. The predicted molar refractivity (Wildman–Crippen MR) is 136 cm³/mol. The third kappa shape index (κ3) is 8.04. The second-order valence-electron chi connectivity index (χ2n) is 7.02. The molecule has 2 nitrogen and oxygen atoms in total. The second-order valence-corrected chi connectivity index (χ2v) is 9.60. The molecule has 0 amide bonds. The maximum Gasteiger partial charge on any atom is -0.0184 e. The summed E-state index contributed by atoms with van der Waals surface area (Å²) in [6, 6.07) is 37.7. The summed E-state index contributed by atoms with van der Waals surface area (Å²) < 4.78 is 0. The van der Waals surface area contributed by atoms with E-state index >= 15 is 0 Å². The van der Waals surface area contributed by atoms with Crippen LogP contribution in [0.25, 0.3) is 32.9 Å². The molecule has 0 atom stereocenters. The van der Waals surface area contributed by atoms with E-state index in [0.29, 0.717) is 0 Å². The molecule has 0 aliphatic rings. The average molecular weight is 495 g/mol. The van der Waals surface area contributed by atoms with Gasteiger partial charge in [0.15, 0.2) is 0 Å². The minimum Gasteiger partial charge on any atom is -0.684 e. The fourth-order valence-corrected chi connectivity index (χ4v) is 3.32. The van der Waals surface area contributed by atoms with Crippen LogP contribution >= 0.6 is 18.6 Å². The molecule has 0 saturated heterocycles. The van der Waals surface area contributed by atoms with E-state index in [4.69, 9.17) is 29.2 Å². The van der Waals surface area contributed by atoms with Crippen molar-refractivity contribution in [1.82, 2.24) is 0 Å². The molecular formula is C27H24Cl2N2Ti-2. The largest absolute Gasteiger partial charge is 0.684 e. The number of halogens is 2. The predicted octanol–water partition coefficient (Wildman–Crippen LogP) is 9.50. The summed E-state index contributed by atoms with van der Waals surface area (Å²) in [4.78, 5) is 0. The Morgan fingerprint density at radius 1 is 0.500 bits per heavy atom. The molecule has 0 heterocycles. The molecule has 4 aromatic carbocycles. The first-order valence-corrected chi connectivity index (χ1v) is 14.7. The molecule has 0 aliphatic carbocycles. The standard InChI is InChI=1S/C27H24N2.2ClH.Ti/c1-3-10-22(11-4-1)24-14-7-16-26(20-24)28-18-9-19-29-27-17-8-15-25(21-27)23-12-5-2-6-13-23;;;/h1-8,10-17,20-21H,9,18-19H2;2*1H;/q-2;;;+2/p-2. The molecule has 0 fully saturated rings. The van der Waals surface area contributed by atoms with Crippen LogP contribution in [-0.2, 0) is 17.0 Å². The number of rotatable bonds is 8. The van der Waals surface area contributed by atoms with Crippen molar-refractivity contribution in [2.45, 2.75) is 6.42 Å². The monoisotopic (exact) mass is 494 g/mol. The molecule has 0 bridgehead atoms. The number of benzene rings is 4. The summed E-state index contributed by atoms with van der Waals surface area (Å²) in [5, 5.41) is 9.46. The van der Waals surface area contributed by atoms with Gasteiger partial charge < -0.3 is 10.6 Å². The first kappa shape index (κ1) is 24.4. The van der Waals surface area contributed by atoms with Gasteiger partial charge in [-0.3, -0.25) is 0 Å². The Bertz CT molecular complexity index is 974. The number of nitrogens with zero attached hydrogens (tertiary/aromatic N) is 2. The third-order valence-electron chi connectivity index (χ3n) is 4.81. The van der Waals surface area contributed by atoms with Gasteiger partial charge in [-0.15, -0.1) is 24.5 Å². The summed E-state index contributed by atoms with van der Waals surface area (Å²) in [5.41, 5.74) is 6.90. The zero-order valence-electron chi connectivity index (χ0n) is 17.7. The van der Waals surface area contributed by atoms with E-state index in [2.05, 4.69) is 97.1 Å². The Balaban J connectivity index is 0.000000913. The first-order valence-electron chi connectivity index (χ1n) is 10.4. The van der Waals surface area contributed by atoms with Crippen molar-refractivity contribution < 1.29 is 17.0 Å². The molecule has 0 aliphatic heterocycles. The molecule has 0 radical (unpaired) electrons. The van der Waals surface area contributed by atoms with Gasteiger partial charge in [0.2, 0.25) is 0 Å². The van der Waals surface area contributed by atoms with E-state index in [0.717, 1.165) is 30.9 Å². The molecule has 32 heavy (non-hydrogen) atoms. The zero-order valence-corrected chi connectivity index (χ0v) is 20.7. The Kier molecular flexibility index (Phi) is 10.7. The van der Waals surface area contributed by atoms with Crippen LogP contribution in [0.1, 0.15) is 6.42 Å². The van der Waals surface area contributed by atoms with Gasteiger partial charge in [-0.05, 0) is 22.3 Å². The van der Waals surface area contributed by atoms with E-state index in [9.17, 15) is 0 Å². The maximum absolute atomic E-state index is 4.89. The minimum absolute atomic E-state index is 0.556. The Morgan fingerprint density at radius 2 is 0.875 bits per heavy atom. The van der Waals surface area contributed by atoms with Crippen molar-refractivity contribution in [1.29, 1.82) is 0 Å². The van der Waals surface area contributed by atoms with Crippen molar-refractivity contribution in [2.75, 3.05) is 13.1 Å². The fourth-order valence-electron chi connectivity index (χ4n) is 3.32. The number of hydrogen-bond donors (Lipinski definition) is 0. The molecule has 0 aromatic heterocycles. The summed E-state index contributed by atoms with van der Waals surface area (Å²) in [6.45, 7) is 1.56. The zero-order chi connectivity index (χ0) is 22.4. The fraction of sp³-hybridized carbons (Fsp3) is 0.111. The van der Waals surface area contributed by atoms with Crippen LogP contribution in [0.4, 0.5) is 11.4 Å². The van der Waals surface area contributed by atoms with Gasteiger partial charge in [0.1, 0.15) is 0 Å². The van der Waals surface area contributed by atoms with E-state index in [-0.39, 0.29) is 0 Å². The Morgan fingerprint density at radius 3 is 1.28 bits per heavy atom. The molecule has 162 valence electrons. The molecule has 4 rings (SSSR count). The van der Waals surface area contributed by atoms with Gasteiger partial charge in [-0.1, -0.05) is 116 Å². The third-order valence-corrected chi connectivity index (χ3v) is 4.81. The van der Waals surface area contributed by atoms with Gasteiger partial charge in [-0.2, -0.15) is 0 Å². The van der Waals surface area contributed by atoms with Crippen LogP contribution in [-0.4, -0.2) is 13.1 Å². The summed E-state index contributed by atoms with van der Waals surface area (Å²) >= 11 is -0.556. The SMILES string of the molecule is [Cl][Ti][Cl].c1ccc(-c2cccc([N-]CCC[N-]c3cccc(-c4ccccc4)c3)c2)cc1. The topological polar surface area (TPSA) is 28.2 Å². The molecule has 0 saturated carbocycles. The molecule has 0 N–H and O–H groups in total. The van der Waals surface area contributed by atoms with Crippen molar-refractivity contribution in [3.8, 4) is 22.3 Å². The van der Waals surface area contributed by atoms with Crippen LogP contribution in [0.15, 0.2) is 109 Å². The van der Waals surface area contributed by atoms with Crippen LogP contribution in [0.3, 0.4) is 0 Å². The molecule has 5 heteroatoms. The Hall–Kier alpha value is -2.23. The van der Waals surface area contributed by atoms with Crippen LogP contribution < -0.4 is 0 Å². The van der Waals surface area contributed by atoms with E-state index in [1.807, 2.05) is 12.1 Å². The first-order chi connectivity index (χ1) is 15.8. The van der Waals surface area contributed by atoms with Crippen molar-refractivity contribution in [3.63, 3.8) is 0 Å². The molecule has 4 aromatic rings. The summed E-state index contributed by atoms with van der Waals surface area (Å²) in [7, 11) is 9.78. The van der Waals surface area contributed by atoms with Crippen molar-refractivity contribution >= 4 is 30.0 Å². The number of hydrogen-bond acceptors (Lipinski definition) is 0. The van der Waals surface area contributed by atoms with Gasteiger partial charge in [0.25, 0.3) is 0 Å². The normalized spacial score (nSPS) is 9.94. The van der Waals surface area contributed by atoms with Gasteiger partial charge in [-0.25, -0.2) is 0 Å². The second kappa shape index (κ2) is 14.0. The van der Waals surface area contributed by atoms with Crippen LogP contribution in [0, 0.1) is 0 Å². The van der Waals surface area contributed by atoms with E-state index in [1.54, 1.807) is 0 Å². The van der Waals surface area contributed by atoms with Gasteiger partial charge in [0, 0.05) is 0 Å². The van der Waals surface area contributed by atoms with Crippen molar-refractivity contribution in [3.05, 3.63) is 120 Å². The van der Waals surface area contributed by atoms with Crippen LogP contribution in [0.5, 0.6) is 0 Å². The molecule has 0 spiro atoms. The van der Waals surface area contributed by atoms with Crippen molar-refractivity contribution in [2.24, 2.45) is 0 Å². The summed E-state index contributed by atoms with van der Waals surface area (Å²) in [5.74, 6) is 0. The maximum atomic E-state index is 4.89. The quantitative estimate of drug-likeness (QED) is 0.172. The average Bonchev–Trinajstić information content (AvgIpc) is 2.86. The van der Waals surface area contributed by atoms with Crippen LogP contribution in [0.2, 0.25) is 0 Å². The smallest absolute Gasteiger partial charge is 0.0184 e. The summed E-state index contributed by atoms with van der Waals surface area (Å²) in [6.07, 6.45) is 0.936. The van der Waals surface area contributed by atoms with E-state index < -0.39 is 17.0 Å². The molecule has 0 unspecified atom stereocenters. The van der Waals surface area contributed by atoms with Gasteiger partial charge in [0.05, 0.1) is 0 Å².